The lowest BCUT2D eigenvalue weighted by atomic mass is 14.0. The van der Waals surface area contributed by atoms with Crippen LogP contribution in [-0.2, 0) is 11.5 Å². The minimum absolute atomic E-state index is 0. The van der Waals surface area contributed by atoms with Crippen molar-refractivity contribution in [3.63, 3.8) is 0 Å². The third-order valence-electron chi connectivity index (χ3n) is 0. The average Bonchev–Trinajstić information content (AvgIpc) is 0.918. The van der Waals surface area contributed by atoms with Gasteiger partial charge in [-0.3, -0.25) is 0 Å². The minimum atomic E-state index is -0.250. The van der Waals surface area contributed by atoms with Gasteiger partial charge in [0.2, 0.25) is 0 Å². The molecule has 0 atom stereocenters. The Kier molecular flexibility index (Phi) is 33.4. The molecule has 0 amide bonds. The van der Waals surface area contributed by atoms with Crippen molar-refractivity contribution in [1.29, 1.82) is 4.78 Å². The lowest BCUT2D eigenvalue weighted by molar-refractivity contribution is 0.697. The summed E-state index contributed by atoms with van der Waals surface area (Å²) < 4.78 is 14.1. The Labute approximate surface area is 27.0 Å². The fourth-order valence-electron chi connectivity index (χ4n) is 0. The van der Waals surface area contributed by atoms with Gasteiger partial charge < -0.3 is 5.48 Å². The van der Waals surface area contributed by atoms with Crippen LogP contribution in [0.2, 0.25) is 0 Å². The van der Waals surface area contributed by atoms with E-state index in [1.165, 1.54) is 0 Å². The monoisotopic (exact) mass is 81.0 g/mol. The summed E-state index contributed by atoms with van der Waals surface area (Å²) in [5.41, 5.74) is 0. The molecule has 0 heterocycles. The number of hydrogen-bond acceptors (Lipinski definition) is 2. The van der Waals surface area contributed by atoms with Gasteiger partial charge in [-0.15, -0.1) is 0 Å². The standard InChI is InChI=1S/HNOS.H2O/c1-3-2;/h1H;1H2. The topological polar surface area (TPSA) is 72.4 Å². The summed E-state index contributed by atoms with van der Waals surface area (Å²) in [5.74, 6) is 0. The third-order valence-corrected chi connectivity index (χ3v) is 0. The van der Waals surface area contributed by atoms with Crippen LogP contribution >= 0.6 is 0 Å². The normalized spacial score (nSPS) is 3.00. The second kappa shape index (κ2) is 14.5. The fourth-order valence-corrected chi connectivity index (χ4v) is 0. The van der Waals surface area contributed by atoms with Gasteiger partial charge in [0, 0.05) is 0 Å². The first-order chi connectivity index (χ1) is 1.41. The highest BCUT2D eigenvalue weighted by molar-refractivity contribution is 7.53. The molecule has 0 rings (SSSR count). The largest absolute Gasteiger partial charge is 0.412 e. The SMILES string of the molecule is N=S=O.O. The molecule has 4 heavy (non-hydrogen) atoms. The van der Waals surface area contributed by atoms with Crippen molar-refractivity contribution in [3.05, 3.63) is 0 Å². The summed E-state index contributed by atoms with van der Waals surface area (Å²) in [6.45, 7) is 0. The molecule has 0 fully saturated rings. The van der Waals surface area contributed by atoms with E-state index in [0.29, 0.717) is 0 Å². The van der Waals surface area contributed by atoms with Gasteiger partial charge in [0.15, 0.2) is 11.5 Å². The quantitative estimate of drug-likeness (QED) is 0.404. The second-order valence-electron chi connectivity index (χ2n) is 0.0833. The summed E-state index contributed by atoms with van der Waals surface area (Å²) in [6.07, 6.45) is 0. The zero-order valence-electron chi connectivity index (χ0n) is 1.82. The summed E-state index contributed by atoms with van der Waals surface area (Å²) in [4.78, 5) is 0. The van der Waals surface area contributed by atoms with Crippen LogP contribution in [-0.4, -0.2) is 9.69 Å². The maximum atomic E-state index is 8.51. The molecule has 0 aliphatic carbocycles. The molecule has 0 bridgehead atoms. The molecule has 0 aliphatic rings. The van der Waals surface area contributed by atoms with E-state index in [9.17, 15) is 0 Å². The summed E-state index contributed by atoms with van der Waals surface area (Å²) in [6, 6.07) is 0. The molecule has 0 radical (unpaired) electrons. The van der Waals surface area contributed by atoms with Gasteiger partial charge in [-0.1, -0.05) is 0 Å². The van der Waals surface area contributed by atoms with Crippen LogP contribution in [0.1, 0.15) is 0 Å². The van der Waals surface area contributed by atoms with Crippen molar-refractivity contribution in [1.82, 2.24) is 0 Å². The summed E-state index contributed by atoms with van der Waals surface area (Å²) >= 11 is -0.250. The van der Waals surface area contributed by atoms with Crippen molar-refractivity contribution in [2.75, 3.05) is 0 Å². The van der Waals surface area contributed by atoms with Crippen molar-refractivity contribution in [3.8, 4) is 0 Å². The average molecular weight is 81.1 g/mol. The molecule has 0 saturated heterocycles. The molecule has 0 aromatic heterocycles. The van der Waals surface area contributed by atoms with Crippen molar-refractivity contribution >= 4 is 11.5 Å². The minimum Gasteiger partial charge on any atom is -0.412 e. The Bertz CT molecular complexity index is 27.0. The molecule has 3 nitrogen and oxygen atoms in total. The van der Waals surface area contributed by atoms with Crippen LogP contribution in [0.4, 0.5) is 0 Å². The van der Waals surface area contributed by atoms with E-state index in [2.05, 4.69) is 0 Å². The molecule has 4 heteroatoms. The van der Waals surface area contributed by atoms with E-state index in [-0.39, 0.29) is 16.9 Å². The first-order valence-corrected chi connectivity index (χ1v) is 1.11. The van der Waals surface area contributed by atoms with Crippen molar-refractivity contribution in [2.24, 2.45) is 0 Å². The smallest absolute Gasteiger partial charge is 0.196 e. The van der Waals surface area contributed by atoms with E-state index >= 15 is 0 Å². The zero-order chi connectivity index (χ0) is 2.71. The van der Waals surface area contributed by atoms with Crippen LogP contribution in [0.15, 0.2) is 0 Å². The Balaban J connectivity index is 0. The number of rotatable bonds is 0. The maximum Gasteiger partial charge on any atom is 0.196 e. The maximum absolute atomic E-state index is 8.51. The first-order valence-electron chi connectivity index (χ1n) is 0.371. The van der Waals surface area contributed by atoms with Crippen molar-refractivity contribution in [2.45, 2.75) is 0 Å². The lowest BCUT2D eigenvalue weighted by Crippen LogP contribution is -1.09. The van der Waals surface area contributed by atoms with Gasteiger partial charge >= 0.3 is 0 Å². The van der Waals surface area contributed by atoms with Crippen LogP contribution < -0.4 is 0 Å². The van der Waals surface area contributed by atoms with Gasteiger partial charge in [-0.05, 0) is 0 Å². The zero-order valence-corrected chi connectivity index (χ0v) is 2.63. The van der Waals surface area contributed by atoms with Crippen LogP contribution in [0.5, 0.6) is 0 Å². The first kappa shape index (κ1) is 9.22. The van der Waals surface area contributed by atoms with E-state index < -0.39 is 0 Å². The van der Waals surface area contributed by atoms with Gasteiger partial charge in [-0.25, -0.2) is 4.78 Å². The van der Waals surface area contributed by atoms with E-state index in [4.69, 9.17) is 8.99 Å². The fraction of sp³-hybridized carbons (Fsp3) is 0. The molecular formula is H3NO2S. The van der Waals surface area contributed by atoms with Crippen LogP contribution in [0.25, 0.3) is 0 Å². The highest BCUT2D eigenvalue weighted by Gasteiger charge is 1.02. The summed E-state index contributed by atoms with van der Waals surface area (Å²) in [5, 5.41) is 0. The molecule has 0 unspecified atom stereocenters. The number of hydrogen-bond donors (Lipinski definition) is 1. The Morgan fingerprint density at radius 3 is 1.75 bits per heavy atom. The van der Waals surface area contributed by atoms with Crippen LogP contribution in [0, 0.1) is 4.78 Å². The Morgan fingerprint density at radius 2 is 1.75 bits per heavy atom. The van der Waals surface area contributed by atoms with E-state index in [1.807, 2.05) is 0 Å². The highest BCUT2D eigenvalue weighted by Crippen LogP contribution is 0.958. The van der Waals surface area contributed by atoms with Crippen LogP contribution in [0.3, 0.4) is 0 Å². The van der Waals surface area contributed by atoms with E-state index in [1.54, 1.807) is 0 Å². The third kappa shape index (κ3) is 22.4. The summed E-state index contributed by atoms with van der Waals surface area (Å²) in [7, 11) is 0. The molecule has 0 aliphatic heterocycles. The second-order valence-corrected chi connectivity index (χ2v) is 0.250. The van der Waals surface area contributed by atoms with Crippen molar-refractivity contribution < 1.29 is 9.69 Å². The molecule has 0 spiro atoms. The Hall–Kier alpha value is -0.220. The number of nitrogens with one attached hydrogen (secondary N) is 1. The molecule has 3 N–H and O–H groups in total. The predicted molar refractivity (Wildman–Crippen MR) is 14.5 cm³/mol. The van der Waals surface area contributed by atoms with Gasteiger partial charge in [0.1, 0.15) is 0 Å². The van der Waals surface area contributed by atoms with Gasteiger partial charge in [-0.2, -0.15) is 4.21 Å². The van der Waals surface area contributed by atoms with E-state index in [0.717, 1.165) is 0 Å². The lowest BCUT2D eigenvalue weighted by Gasteiger charge is -1.02. The Morgan fingerprint density at radius 1 is 1.75 bits per heavy atom. The highest BCUT2D eigenvalue weighted by atomic mass is 32.1. The predicted octanol–water partition coefficient (Wildman–Crippen LogP) is -0.863. The molecular weight excluding hydrogens is 78.1 g/mol. The molecule has 0 aromatic rings. The van der Waals surface area contributed by atoms with Gasteiger partial charge in [0.05, 0.1) is 0 Å². The molecule has 0 saturated carbocycles. The molecule has 26 valence electrons. The van der Waals surface area contributed by atoms with Gasteiger partial charge in [0.25, 0.3) is 0 Å². The molecule has 0 aromatic carbocycles.